The number of rotatable bonds is 6. The maximum atomic E-state index is 13.1. The Morgan fingerprint density at radius 1 is 1.03 bits per heavy atom. The Balaban J connectivity index is 1.42. The Morgan fingerprint density at radius 2 is 1.75 bits per heavy atom. The molecule has 1 saturated heterocycles. The fraction of sp³-hybridized carbons (Fsp3) is 0.409. The number of carbonyl (C=O) groups is 1. The third-order valence-corrected chi connectivity index (χ3v) is 7.51. The minimum absolute atomic E-state index is 0.0164. The Bertz CT molecular complexity index is 1110. The fourth-order valence-corrected chi connectivity index (χ4v) is 4.87. The van der Waals surface area contributed by atoms with Crippen molar-refractivity contribution in [2.24, 2.45) is 0 Å². The van der Waals surface area contributed by atoms with E-state index in [1.54, 1.807) is 11.0 Å². The van der Waals surface area contributed by atoms with Gasteiger partial charge in [0, 0.05) is 52.4 Å². The summed E-state index contributed by atoms with van der Waals surface area (Å²) in [7, 11) is 0.558. The van der Waals surface area contributed by atoms with Crippen LogP contribution in [0.3, 0.4) is 0 Å². The summed E-state index contributed by atoms with van der Waals surface area (Å²) in [6.45, 7) is 3.57. The Hall–Kier alpha value is -2.82. The van der Waals surface area contributed by atoms with Gasteiger partial charge in [0.1, 0.15) is 10.6 Å². The highest BCUT2D eigenvalue weighted by Gasteiger charge is 2.27. The highest BCUT2D eigenvalue weighted by molar-refractivity contribution is 7.89. The molecule has 2 aliphatic heterocycles. The first-order valence-electron chi connectivity index (χ1n) is 10.3. The number of amides is 1. The number of nitrogens with zero attached hydrogens (tertiary/aromatic N) is 3. The predicted octanol–water partition coefficient (Wildman–Crippen LogP) is 1.63. The number of fused-ring (bicyclic) bond motifs is 1. The summed E-state index contributed by atoms with van der Waals surface area (Å²) in [5.74, 6) is 1.55. The maximum absolute atomic E-state index is 13.1. The standard InChI is InChI=1S/C22H27N3O6S/c1-23(2)32(27,28)21-13-17(5-7-19(21)29-3)22(26)25-10-8-24(9-11-25)14-16-4-6-18-20(12-16)31-15-30-18/h4-7,12-13H,8-11,14-15H2,1-3H3. The molecule has 2 aromatic carbocycles. The zero-order valence-corrected chi connectivity index (χ0v) is 19.2. The van der Waals surface area contributed by atoms with E-state index >= 15 is 0 Å². The van der Waals surface area contributed by atoms with Crippen molar-refractivity contribution in [2.45, 2.75) is 11.4 Å². The Labute approximate surface area is 188 Å². The average Bonchev–Trinajstić information content (AvgIpc) is 3.26. The molecule has 4 rings (SSSR count). The molecule has 0 spiro atoms. The number of hydrogen-bond acceptors (Lipinski definition) is 7. The van der Waals surface area contributed by atoms with Crippen LogP contribution < -0.4 is 14.2 Å². The average molecular weight is 462 g/mol. The van der Waals surface area contributed by atoms with Crippen LogP contribution in [0.2, 0.25) is 0 Å². The van der Waals surface area contributed by atoms with Crippen LogP contribution in [0.4, 0.5) is 0 Å². The summed E-state index contributed by atoms with van der Waals surface area (Å²) in [6, 6.07) is 10.5. The van der Waals surface area contributed by atoms with Crippen LogP contribution in [-0.4, -0.2) is 82.6 Å². The van der Waals surface area contributed by atoms with E-state index in [1.807, 2.05) is 18.2 Å². The van der Waals surface area contributed by atoms with Gasteiger partial charge in [0.05, 0.1) is 7.11 Å². The summed E-state index contributed by atoms with van der Waals surface area (Å²) in [6.07, 6.45) is 0. The van der Waals surface area contributed by atoms with Gasteiger partial charge >= 0.3 is 0 Å². The number of sulfonamides is 1. The maximum Gasteiger partial charge on any atom is 0.253 e. The predicted molar refractivity (Wildman–Crippen MR) is 118 cm³/mol. The molecule has 2 aromatic rings. The van der Waals surface area contributed by atoms with Crippen molar-refractivity contribution in [1.29, 1.82) is 0 Å². The highest BCUT2D eigenvalue weighted by atomic mass is 32.2. The molecule has 0 N–H and O–H groups in total. The molecule has 1 amide bonds. The van der Waals surface area contributed by atoms with E-state index in [0.29, 0.717) is 18.7 Å². The second-order valence-electron chi connectivity index (χ2n) is 7.91. The summed E-state index contributed by atoms with van der Waals surface area (Å²) in [4.78, 5) is 17.1. The number of hydrogen-bond donors (Lipinski definition) is 0. The normalized spacial score (nSPS) is 16.4. The number of benzene rings is 2. The molecule has 2 aliphatic rings. The molecular formula is C22H27N3O6S. The first kappa shape index (κ1) is 22.4. The van der Waals surface area contributed by atoms with Crippen LogP contribution in [0.25, 0.3) is 0 Å². The monoisotopic (exact) mass is 461 g/mol. The minimum atomic E-state index is -3.74. The lowest BCUT2D eigenvalue weighted by Crippen LogP contribution is -2.48. The third-order valence-electron chi connectivity index (χ3n) is 5.67. The Morgan fingerprint density at radius 3 is 2.44 bits per heavy atom. The summed E-state index contributed by atoms with van der Waals surface area (Å²) in [5, 5.41) is 0. The second-order valence-corrected chi connectivity index (χ2v) is 10.0. The lowest BCUT2D eigenvalue weighted by molar-refractivity contribution is 0.0628. The van der Waals surface area contributed by atoms with Crippen molar-refractivity contribution in [2.75, 3.05) is 54.2 Å². The van der Waals surface area contributed by atoms with E-state index in [2.05, 4.69) is 4.90 Å². The zero-order valence-electron chi connectivity index (χ0n) is 18.4. The first-order chi connectivity index (χ1) is 15.3. The largest absolute Gasteiger partial charge is 0.495 e. The van der Waals surface area contributed by atoms with Crippen LogP contribution in [0.5, 0.6) is 17.2 Å². The van der Waals surface area contributed by atoms with E-state index in [1.165, 1.54) is 33.3 Å². The molecule has 32 heavy (non-hydrogen) atoms. The van der Waals surface area contributed by atoms with Gasteiger partial charge in [-0.3, -0.25) is 9.69 Å². The molecule has 172 valence electrons. The lowest BCUT2D eigenvalue weighted by atomic mass is 10.1. The molecule has 9 nitrogen and oxygen atoms in total. The van der Waals surface area contributed by atoms with Gasteiger partial charge in [-0.2, -0.15) is 0 Å². The van der Waals surface area contributed by atoms with Crippen molar-refractivity contribution >= 4 is 15.9 Å². The van der Waals surface area contributed by atoms with Gasteiger partial charge in [-0.1, -0.05) is 6.07 Å². The van der Waals surface area contributed by atoms with E-state index in [-0.39, 0.29) is 23.3 Å². The second kappa shape index (κ2) is 8.97. The van der Waals surface area contributed by atoms with Crippen LogP contribution in [0.1, 0.15) is 15.9 Å². The molecular weight excluding hydrogens is 434 g/mol. The number of piperazine rings is 1. The smallest absolute Gasteiger partial charge is 0.253 e. The molecule has 0 bridgehead atoms. The van der Waals surface area contributed by atoms with Crippen LogP contribution in [0.15, 0.2) is 41.3 Å². The SMILES string of the molecule is COc1ccc(C(=O)N2CCN(Cc3ccc4c(c3)OCO4)CC2)cc1S(=O)(=O)N(C)C. The number of carbonyl (C=O) groups excluding carboxylic acids is 1. The van der Waals surface area contributed by atoms with Gasteiger partial charge < -0.3 is 19.1 Å². The van der Waals surface area contributed by atoms with Gasteiger partial charge in [-0.25, -0.2) is 12.7 Å². The summed E-state index contributed by atoms with van der Waals surface area (Å²) < 4.78 is 42.4. The molecule has 0 unspecified atom stereocenters. The minimum Gasteiger partial charge on any atom is -0.495 e. The third kappa shape index (κ3) is 4.38. The van der Waals surface area contributed by atoms with Crippen LogP contribution >= 0.6 is 0 Å². The van der Waals surface area contributed by atoms with E-state index in [0.717, 1.165) is 41.0 Å². The van der Waals surface area contributed by atoms with Crippen molar-refractivity contribution < 1.29 is 27.4 Å². The van der Waals surface area contributed by atoms with E-state index in [4.69, 9.17) is 14.2 Å². The molecule has 10 heteroatoms. The molecule has 1 fully saturated rings. The van der Waals surface area contributed by atoms with Crippen LogP contribution in [0, 0.1) is 0 Å². The molecule has 2 heterocycles. The highest BCUT2D eigenvalue weighted by Crippen LogP contribution is 2.33. The molecule has 0 saturated carbocycles. The van der Waals surface area contributed by atoms with Gasteiger partial charge in [0.25, 0.3) is 5.91 Å². The lowest BCUT2D eigenvalue weighted by Gasteiger charge is -2.35. The topological polar surface area (TPSA) is 88.6 Å². The van der Waals surface area contributed by atoms with Crippen molar-refractivity contribution in [1.82, 2.24) is 14.1 Å². The number of methoxy groups -OCH3 is 1. The van der Waals surface area contributed by atoms with Crippen molar-refractivity contribution in [3.05, 3.63) is 47.5 Å². The fourth-order valence-electron chi connectivity index (χ4n) is 3.80. The van der Waals surface area contributed by atoms with E-state index < -0.39 is 10.0 Å². The first-order valence-corrected chi connectivity index (χ1v) is 11.7. The van der Waals surface area contributed by atoms with Gasteiger partial charge in [-0.05, 0) is 35.9 Å². The summed E-state index contributed by atoms with van der Waals surface area (Å²) in [5.41, 5.74) is 1.46. The van der Waals surface area contributed by atoms with E-state index in [9.17, 15) is 13.2 Å². The van der Waals surface area contributed by atoms with Crippen LogP contribution in [-0.2, 0) is 16.6 Å². The van der Waals surface area contributed by atoms with Crippen molar-refractivity contribution in [3.63, 3.8) is 0 Å². The molecule has 0 aromatic heterocycles. The molecule has 0 aliphatic carbocycles. The summed E-state index contributed by atoms with van der Waals surface area (Å²) >= 11 is 0. The number of ether oxygens (including phenoxy) is 3. The Kier molecular flexibility index (Phi) is 6.27. The van der Waals surface area contributed by atoms with Crippen molar-refractivity contribution in [3.8, 4) is 17.2 Å². The van der Waals surface area contributed by atoms with Gasteiger partial charge in [-0.15, -0.1) is 0 Å². The molecule has 0 atom stereocenters. The van der Waals surface area contributed by atoms with Gasteiger partial charge in [0.15, 0.2) is 11.5 Å². The quantitative estimate of drug-likeness (QED) is 0.646. The zero-order chi connectivity index (χ0) is 22.9. The molecule has 0 radical (unpaired) electrons. The van der Waals surface area contributed by atoms with Gasteiger partial charge in [0.2, 0.25) is 16.8 Å².